The molecule has 0 unspecified atom stereocenters. The average molecular weight is 235 g/mol. The lowest BCUT2D eigenvalue weighted by Crippen LogP contribution is -2.09. The number of carboxylic acids is 1. The minimum absolute atomic E-state index is 0.0919. The molecule has 1 aromatic rings. The van der Waals surface area contributed by atoms with Crippen molar-refractivity contribution < 1.29 is 19.4 Å². The van der Waals surface area contributed by atoms with E-state index in [1.807, 2.05) is 0 Å². The van der Waals surface area contributed by atoms with Crippen LogP contribution < -0.4 is 5.73 Å². The second kappa shape index (κ2) is 5.69. The molecule has 0 aliphatic carbocycles. The number of benzene rings is 1. The summed E-state index contributed by atoms with van der Waals surface area (Å²) in [5.41, 5.74) is 6.74. The largest absolute Gasteiger partial charge is 0.478 e. The van der Waals surface area contributed by atoms with Crippen LogP contribution in [0.2, 0.25) is 0 Å². The van der Waals surface area contributed by atoms with Gasteiger partial charge in [-0.3, -0.25) is 0 Å². The maximum Gasteiger partial charge on any atom is 0.335 e. The van der Waals surface area contributed by atoms with Gasteiger partial charge in [-0.15, -0.1) is 0 Å². The number of carbonyl (C=O) groups excluding carboxylic acids is 1. The molecule has 5 heteroatoms. The Kier molecular flexibility index (Phi) is 4.28. The fourth-order valence-corrected chi connectivity index (χ4v) is 1.35. The molecule has 0 atom stereocenters. The molecule has 1 rings (SSSR count). The Balaban J connectivity index is 2.75. The van der Waals surface area contributed by atoms with Gasteiger partial charge in [0.25, 0.3) is 0 Å². The highest BCUT2D eigenvalue weighted by molar-refractivity contribution is 5.90. The van der Waals surface area contributed by atoms with Gasteiger partial charge in [-0.2, -0.15) is 0 Å². The van der Waals surface area contributed by atoms with Gasteiger partial charge in [-0.1, -0.05) is 6.58 Å². The number of ether oxygens (including phenoxy) is 1. The molecule has 0 saturated carbocycles. The second-order valence-corrected chi connectivity index (χ2v) is 3.34. The SMILES string of the molecule is C=CC(=O)OCCc1cc(N)ccc1C(=O)O. The number of nitrogen functional groups attached to an aromatic ring is 1. The van der Waals surface area contributed by atoms with Crippen molar-refractivity contribution in [3.63, 3.8) is 0 Å². The normalized spacial score (nSPS) is 9.65. The monoisotopic (exact) mass is 235 g/mol. The van der Waals surface area contributed by atoms with Crippen LogP contribution in [-0.2, 0) is 16.0 Å². The first-order valence-electron chi connectivity index (χ1n) is 4.95. The predicted octanol–water partition coefficient (Wildman–Crippen LogP) is 1.24. The molecule has 0 amide bonds. The van der Waals surface area contributed by atoms with Gasteiger partial charge in [-0.05, 0) is 23.8 Å². The van der Waals surface area contributed by atoms with E-state index >= 15 is 0 Å². The fraction of sp³-hybridized carbons (Fsp3) is 0.167. The Morgan fingerprint density at radius 3 is 2.76 bits per heavy atom. The lowest BCUT2D eigenvalue weighted by atomic mass is 10.0. The highest BCUT2D eigenvalue weighted by Crippen LogP contribution is 2.14. The smallest absolute Gasteiger partial charge is 0.335 e. The number of hydrogen-bond donors (Lipinski definition) is 2. The summed E-state index contributed by atoms with van der Waals surface area (Å²) in [5, 5.41) is 8.95. The van der Waals surface area contributed by atoms with Crippen LogP contribution in [-0.4, -0.2) is 23.7 Å². The van der Waals surface area contributed by atoms with Gasteiger partial charge in [0.15, 0.2) is 0 Å². The van der Waals surface area contributed by atoms with Crippen molar-refractivity contribution in [2.24, 2.45) is 0 Å². The van der Waals surface area contributed by atoms with Gasteiger partial charge < -0.3 is 15.6 Å². The zero-order valence-electron chi connectivity index (χ0n) is 9.18. The number of carbonyl (C=O) groups is 2. The molecule has 0 radical (unpaired) electrons. The summed E-state index contributed by atoms with van der Waals surface area (Å²) in [5.74, 6) is -1.57. The van der Waals surface area contributed by atoms with Crippen LogP contribution in [0.3, 0.4) is 0 Å². The Hall–Kier alpha value is -2.30. The zero-order chi connectivity index (χ0) is 12.8. The Morgan fingerprint density at radius 1 is 1.47 bits per heavy atom. The molecule has 0 saturated heterocycles. The van der Waals surface area contributed by atoms with Crippen LogP contribution in [0.1, 0.15) is 15.9 Å². The molecule has 5 nitrogen and oxygen atoms in total. The quantitative estimate of drug-likeness (QED) is 0.455. The number of carboxylic acid groups (broad SMARTS) is 1. The zero-order valence-corrected chi connectivity index (χ0v) is 9.18. The topological polar surface area (TPSA) is 89.6 Å². The maximum atomic E-state index is 10.9. The first-order chi connectivity index (χ1) is 8.04. The first kappa shape index (κ1) is 12.8. The van der Waals surface area contributed by atoms with E-state index in [-0.39, 0.29) is 12.2 Å². The lowest BCUT2D eigenvalue weighted by molar-refractivity contribution is -0.137. The number of anilines is 1. The molecule has 0 fully saturated rings. The van der Waals surface area contributed by atoms with Crippen molar-refractivity contribution in [3.8, 4) is 0 Å². The molecule has 0 aliphatic heterocycles. The standard InChI is InChI=1S/C12H13NO4/c1-2-11(14)17-6-5-8-7-9(13)3-4-10(8)12(15)16/h2-4,7H,1,5-6,13H2,(H,15,16). The predicted molar refractivity (Wildman–Crippen MR) is 62.7 cm³/mol. The second-order valence-electron chi connectivity index (χ2n) is 3.34. The number of nitrogens with two attached hydrogens (primary N) is 1. The van der Waals surface area contributed by atoms with Crippen LogP contribution >= 0.6 is 0 Å². The molecule has 1 aromatic carbocycles. The fourth-order valence-electron chi connectivity index (χ4n) is 1.35. The minimum Gasteiger partial charge on any atom is -0.478 e. The number of esters is 1. The van der Waals surface area contributed by atoms with Gasteiger partial charge in [0.1, 0.15) is 0 Å². The molecule has 0 spiro atoms. The summed E-state index contributed by atoms with van der Waals surface area (Å²) >= 11 is 0. The van der Waals surface area contributed by atoms with E-state index in [4.69, 9.17) is 15.6 Å². The van der Waals surface area contributed by atoms with Crippen LogP contribution in [0.25, 0.3) is 0 Å². The third kappa shape index (κ3) is 3.64. The molecule has 3 N–H and O–H groups in total. The minimum atomic E-state index is -1.03. The van der Waals surface area contributed by atoms with Crippen molar-refractivity contribution in [3.05, 3.63) is 42.0 Å². The Labute approximate surface area is 98.5 Å². The maximum absolute atomic E-state index is 10.9. The van der Waals surface area contributed by atoms with Gasteiger partial charge in [0, 0.05) is 18.2 Å². The lowest BCUT2D eigenvalue weighted by Gasteiger charge is -2.07. The van der Waals surface area contributed by atoms with Gasteiger partial charge in [0.05, 0.1) is 12.2 Å². The summed E-state index contributed by atoms with van der Waals surface area (Å²) in [4.78, 5) is 21.7. The van der Waals surface area contributed by atoms with E-state index in [9.17, 15) is 9.59 Å². The van der Waals surface area contributed by atoms with Gasteiger partial charge in [0.2, 0.25) is 0 Å². The molecule has 17 heavy (non-hydrogen) atoms. The van der Waals surface area contributed by atoms with Crippen molar-refractivity contribution in [1.29, 1.82) is 0 Å². The van der Waals surface area contributed by atoms with E-state index in [0.717, 1.165) is 6.08 Å². The first-order valence-corrected chi connectivity index (χ1v) is 4.95. The highest BCUT2D eigenvalue weighted by atomic mass is 16.5. The summed E-state index contributed by atoms with van der Waals surface area (Å²) in [7, 11) is 0. The van der Waals surface area contributed by atoms with Crippen LogP contribution in [0, 0.1) is 0 Å². The van der Waals surface area contributed by atoms with Crippen LogP contribution in [0.15, 0.2) is 30.9 Å². The van der Waals surface area contributed by atoms with E-state index in [2.05, 4.69) is 6.58 Å². The summed E-state index contributed by atoms with van der Waals surface area (Å²) < 4.78 is 4.78. The Morgan fingerprint density at radius 2 is 2.18 bits per heavy atom. The summed E-state index contributed by atoms with van der Waals surface area (Å²) in [6.45, 7) is 3.35. The molecule has 0 aromatic heterocycles. The number of aromatic carboxylic acids is 1. The van der Waals surface area contributed by atoms with Crippen molar-refractivity contribution in [2.45, 2.75) is 6.42 Å². The third-order valence-corrected chi connectivity index (χ3v) is 2.14. The molecular weight excluding hydrogens is 222 g/mol. The number of rotatable bonds is 5. The molecule has 90 valence electrons. The average Bonchev–Trinajstić information content (AvgIpc) is 2.28. The summed E-state index contributed by atoms with van der Waals surface area (Å²) in [6.07, 6.45) is 1.35. The van der Waals surface area contributed by atoms with E-state index in [0.29, 0.717) is 17.7 Å². The molecule has 0 bridgehead atoms. The van der Waals surface area contributed by atoms with Gasteiger partial charge >= 0.3 is 11.9 Å². The van der Waals surface area contributed by atoms with E-state index in [1.54, 1.807) is 6.07 Å². The van der Waals surface area contributed by atoms with Crippen LogP contribution in [0.4, 0.5) is 5.69 Å². The highest BCUT2D eigenvalue weighted by Gasteiger charge is 2.10. The van der Waals surface area contributed by atoms with E-state index in [1.165, 1.54) is 12.1 Å². The molecule has 0 heterocycles. The van der Waals surface area contributed by atoms with Gasteiger partial charge in [-0.25, -0.2) is 9.59 Å². The third-order valence-electron chi connectivity index (χ3n) is 2.14. The summed E-state index contributed by atoms with van der Waals surface area (Å²) in [6, 6.07) is 4.51. The Bertz CT molecular complexity index is 454. The van der Waals surface area contributed by atoms with Crippen molar-refractivity contribution in [1.82, 2.24) is 0 Å². The van der Waals surface area contributed by atoms with E-state index < -0.39 is 11.9 Å². The van der Waals surface area contributed by atoms with Crippen LogP contribution in [0.5, 0.6) is 0 Å². The molecular formula is C12H13NO4. The number of hydrogen-bond acceptors (Lipinski definition) is 4. The van der Waals surface area contributed by atoms with Crippen molar-refractivity contribution >= 4 is 17.6 Å². The van der Waals surface area contributed by atoms with Crippen molar-refractivity contribution in [2.75, 3.05) is 12.3 Å². The molecule has 0 aliphatic rings.